The number of hydrogen-bond donors (Lipinski definition) is 1. The molecule has 17 heavy (non-hydrogen) atoms. The summed E-state index contributed by atoms with van der Waals surface area (Å²) in [7, 11) is 0. The summed E-state index contributed by atoms with van der Waals surface area (Å²) in [5.41, 5.74) is 0.339. The molecule has 0 aromatic rings. The Kier molecular flexibility index (Phi) is 5.81. The average Bonchev–Trinajstić information content (AvgIpc) is 2.25. The van der Waals surface area contributed by atoms with Crippen LogP contribution in [0.3, 0.4) is 0 Å². The van der Waals surface area contributed by atoms with E-state index < -0.39 is 0 Å². The number of rotatable bonds is 5. The highest BCUT2D eigenvalue weighted by atomic mass is 32.2. The molecule has 0 aromatic carbocycles. The van der Waals surface area contributed by atoms with Crippen molar-refractivity contribution in [3.05, 3.63) is 0 Å². The van der Waals surface area contributed by atoms with Crippen LogP contribution in [-0.2, 0) is 0 Å². The van der Waals surface area contributed by atoms with Crippen molar-refractivity contribution in [2.24, 2.45) is 5.41 Å². The first-order valence-corrected chi connectivity index (χ1v) is 8.02. The van der Waals surface area contributed by atoms with Crippen molar-refractivity contribution in [2.45, 2.75) is 58.9 Å². The number of hydrogen-bond acceptors (Lipinski definition) is 3. The SMILES string of the molecule is CCNC(C)C(C)(C)CN1CCSC(C)C1C. The molecule has 1 rings (SSSR count). The van der Waals surface area contributed by atoms with Gasteiger partial charge in [0.15, 0.2) is 0 Å². The zero-order valence-corrected chi connectivity index (χ0v) is 13.2. The molecule has 0 saturated carbocycles. The van der Waals surface area contributed by atoms with E-state index in [4.69, 9.17) is 0 Å². The quantitative estimate of drug-likeness (QED) is 0.816. The highest BCUT2D eigenvalue weighted by Gasteiger charge is 2.32. The van der Waals surface area contributed by atoms with Crippen molar-refractivity contribution >= 4 is 11.8 Å². The van der Waals surface area contributed by atoms with Gasteiger partial charge in [-0.2, -0.15) is 11.8 Å². The van der Waals surface area contributed by atoms with Crippen LogP contribution in [0.4, 0.5) is 0 Å². The van der Waals surface area contributed by atoms with Gasteiger partial charge in [-0.3, -0.25) is 4.90 Å². The molecule has 0 radical (unpaired) electrons. The number of thioether (sulfide) groups is 1. The molecular formula is C14H30N2S. The fourth-order valence-corrected chi connectivity index (χ4v) is 3.62. The Morgan fingerprint density at radius 2 is 2.06 bits per heavy atom. The van der Waals surface area contributed by atoms with Gasteiger partial charge in [-0.05, 0) is 25.8 Å². The van der Waals surface area contributed by atoms with E-state index in [0.29, 0.717) is 17.5 Å². The lowest BCUT2D eigenvalue weighted by molar-refractivity contribution is 0.114. The molecule has 3 atom stereocenters. The predicted octanol–water partition coefficient (Wildman–Crippen LogP) is 2.84. The zero-order chi connectivity index (χ0) is 13.1. The molecule has 2 nitrogen and oxygen atoms in total. The summed E-state index contributed by atoms with van der Waals surface area (Å²) in [5.74, 6) is 1.29. The third-order valence-electron chi connectivity index (χ3n) is 4.31. The molecule has 0 aromatic heterocycles. The maximum Gasteiger partial charge on any atom is 0.0184 e. The van der Waals surface area contributed by atoms with E-state index in [2.05, 4.69) is 63.5 Å². The molecule has 1 heterocycles. The largest absolute Gasteiger partial charge is 0.314 e. The number of nitrogens with zero attached hydrogens (tertiary/aromatic N) is 1. The smallest absolute Gasteiger partial charge is 0.0184 e. The maximum atomic E-state index is 3.57. The molecular weight excluding hydrogens is 228 g/mol. The molecule has 1 aliphatic rings. The lowest BCUT2D eigenvalue weighted by Crippen LogP contribution is -2.52. The van der Waals surface area contributed by atoms with E-state index in [1.807, 2.05) is 0 Å². The first-order valence-electron chi connectivity index (χ1n) is 6.97. The first-order chi connectivity index (χ1) is 7.88. The van der Waals surface area contributed by atoms with E-state index in [1.165, 1.54) is 18.8 Å². The summed E-state index contributed by atoms with van der Waals surface area (Å²) in [4.78, 5) is 2.68. The average molecular weight is 258 g/mol. The van der Waals surface area contributed by atoms with E-state index in [9.17, 15) is 0 Å². The van der Waals surface area contributed by atoms with Crippen LogP contribution in [0.2, 0.25) is 0 Å². The molecule has 0 bridgehead atoms. The van der Waals surface area contributed by atoms with Gasteiger partial charge in [-0.25, -0.2) is 0 Å². The molecule has 3 heteroatoms. The first kappa shape index (κ1) is 15.3. The van der Waals surface area contributed by atoms with Crippen LogP contribution >= 0.6 is 11.8 Å². The molecule has 1 aliphatic heterocycles. The summed E-state index contributed by atoms with van der Waals surface area (Å²) in [6.07, 6.45) is 0. The predicted molar refractivity (Wildman–Crippen MR) is 79.9 cm³/mol. The summed E-state index contributed by atoms with van der Waals surface area (Å²) in [6.45, 7) is 17.5. The van der Waals surface area contributed by atoms with Crippen LogP contribution in [0, 0.1) is 5.41 Å². The van der Waals surface area contributed by atoms with Gasteiger partial charge in [0.2, 0.25) is 0 Å². The fraction of sp³-hybridized carbons (Fsp3) is 1.00. The minimum absolute atomic E-state index is 0.339. The van der Waals surface area contributed by atoms with Crippen LogP contribution in [0.5, 0.6) is 0 Å². The standard InChI is InChI=1S/C14H30N2S/c1-7-15-13(4)14(5,6)10-16-8-9-17-12(3)11(16)2/h11-13,15H,7-10H2,1-6H3. The molecule has 102 valence electrons. The van der Waals surface area contributed by atoms with Crippen LogP contribution in [0.15, 0.2) is 0 Å². The minimum Gasteiger partial charge on any atom is -0.314 e. The van der Waals surface area contributed by atoms with Gasteiger partial charge >= 0.3 is 0 Å². The number of nitrogens with one attached hydrogen (secondary N) is 1. The van der Waals surface area contributed by atoms with Crippen molar-refractivity contribution in [3.63, 3.8) is 0 Å². The van der Waals surface area contributed by atoms with E-state index >= 15 is 0 Å². The molecule has 0 amide bonds. The van der Waals surface area contributed by atoms with Crippen molar-refractivity contribution in [1.82, 2.24) is 10.2 Å². The van der Waals surface area contributed by atoms with E-state index in [0.717, 1.165) is 11.8 Å². The monoisotopic (exact) mass is 258 g/mol. The Labute approximate surface area is 112 Å². The Morgan fingerprint density at radius 3 is 2.65 bits per heavy atom. The second-order valence-electron chi connectivity index (χ2n) is 6.05. The van der Waals surface area contributed by atoms with Crippen LogP contribution in [-0.4, -0.2) is 47.6 Å². The highest BCUT2D eigenvalue weighted by molar-refractivity contribution is 8.00. The summed E-state index contributed by atoms with van der Waals surface area (Å²) >= 11 is 2.12. The van der Waals surface area contributed by atoms with Crippen molar-refractivity contribution in [3.8, 4) is 0 Å². The molecule has 1 saturated heterocycles. The normalized spacial score (nSPS) is 29.3. The molecule has 1 fully saturated rings. The third-order valence-corrected chi connectivity index (χ3v) is 5.65. The van der Waals surface area contributed by atoms with Gasteiger partial charge in [-0.1, -0.05) is 27.7 Å². The van der Waals surface area contributed by atoms with Crippen molar-refractivity contribution in [1.29, 1.82) is 0 Å². The summed E-state index contributed by atoms with van der Waals surface area (Å²) in [6, 6.07) is 1.28. The molecule has 0 spiro atoms. The highest BCUT2D eigenvalue weighted by Crippen LogP contribution is 2.29. The molecule has 1 N–H and O–H groups in total. The second kappa shape index (κ2) is 6.44. The van der Waals surface area contributed by atoms with E-state index in [-0.39, 0.29) is 0 Å². The van der Waals surface area contributed by atoms with Crippen molar-refractivity contribution < 1.29 is 0 Å². The third kappa shape index (κ3) is 4.15. The Balaban J connectivity index is 2.56. The van der Waals surface area contributed by atoms with Crippen LogP contribution < -0.4 is 5.32 Å². The second-order valence-corrected chi connectivity index (χ2v) is 7.54. The molecule has 3 unspecified atom stereocenters. The van der Waals surface area contributed by atoms with Gasteiger partial charge in [0, 0.05) is 36.2 Å². The van der Waals surface area contributed by atoms with Crippen LogP contribution in [0.1, 0.15) is 41.5 Å². The van der Waals surface area contributed by atoms with Gasteiger partial charge in [0.05, 0.1) is 0 Å². The molecule has 0 aliphatic carbocycles. The maximum absolute atomic E-state index is 3.57. The van der Waals surface area contributed by atoms with Gasteiger partial charge in [0.1, 0.15) is 0 Å². The summed E-state index contributed by atoms with van der Waals surface area (Å²) < 4.78 is 0. The minimum atomic E-state index is 0.339. The Hall–Kier alpha value is 0.270. The van der Waals surface area contributed by atoms with Crippen molar-refractivity contribution in [2.75, 3.05) is 25.4 Å². The fourth-order valence-electron chi connectivity index (χ4n) is 2.46. The lowest BCUT2D eigenvalue weighted by Gasteiger charge is -2.44. The van der Waals surface area contributed by atoms with Gasteiger partial charge in [-0.15, -0.1) is 0 Å². The Morgan fingerprint density at radius 1 is 1.41 bits per heavy atom. The zero-order valence-electron chi connectivity index (χ0n) is 12.4. The summed E-state index contributed by atoms with van der Waals surface area (Å²) in [5, 5.41) is 4.34. The van der Waals surface area contributed by atoms with Gasteiger partial charge < -0.3 is 5.32 Å². The van der Waals surface area contributed by atoms with Crippen LogP contribution in [0.25, 0.3) is 0 Å². The topological polar surface area (TPSA) is 15.3 Å². The lowest BCUT2D eigenvalue weighted by atomic mass is 9.84. The van der Waals surface area contributed by atoms with E-state index in [1.54, 1.807) is 0 Å². The van der Waals surface area contributed by atoms with Gasteiger partial charge in [0.25, 0.3) is 0 Å². The Bertz CT molecular complexity index is 230.